The predicted molar refractivity (Wildman–Crippen MR) is 261 cm³/mol. The molecule has 0 aromatic heterocycles. The minimum Gasteiger partial charge on any atom is -0.488 e. The molecule has 3 aromatic rings. The van der Waals surface area contributed by atoms with Crippen LogP contribution in [0.2, 0.25) is 0 Å². The molecule has 0 radical (unpaired) electrons. The average molecular weight is 899 g/mol. The molecule has 0 bridgehead atoms. The highest BCUT2D eigenvalue weighted by Gasteiger charge is 2.44. The summed E-state index contributed by atoms with van der Waals surface area (Å²) in [6.45, 7) is 16.4. The number of carbonyl (C=O) groups is 3. The summed E-state index contributed by atoms with van der Waals surface area (Å²) in [6.07, 6.45) is 12.3. The van der Waals surface area contributed by atoms with Crippen LogP contribution in [0, 0.1) is 47.3 Å². The second kappa shape index (κ2) is 20.3. The molecular formula is C59H72F2O5. The number of hydrogen-bond acceptors (Lipinski definition) is 5. The van der Waals surface area contributed by atoms with Crippen molar-refractivity contribution in [2.45, 2.75) is 142 Å². The molecule has 5 nitrogen and oxygen atoms in total. The van der Waals surface area contributed by atoms with E-state index in [0.717, 1.165) is 57.8 Å². The van der Waals surface area contributed by atoms with Gasteiger partial charge in [-0.15, -0.1) is 0 Å². The van der Waals surface area contributed by atoms with Gasteiger partial charge in [0.15, 0.2) is 0 Å². The predicted octanol–water partition coefficient (Wildman–Crippen LogP) is 14.3. The number of benzene rings is 3. The van der Waals surface area contributed by atoms with E-state index < -0.39 is 13.0 Å². The maximum Gasteiger partial charge on any atom is 0.306 e. The van der Waals surface area contributed by atoms with Gasteiger partial charge in [0.2, 0.25) is 0 Å². The number of methoxy groups -OCH3 is 1. The standard InChI is InChI=1S/C59H72F2O5/c1-33(2)52(31-57(63)65-8)36(6)46-11-9-12-47(46)44-26-39-15-16-40(27-43(39)28-44)48-23-24-49(58(48)38-19-21-45(22-20-38)66-32-56(60)61)41-17-18-42-30-55(37(7)54(42)29-41)50-13-10-14-51(50)59(64)53(34(3)4)25-35(5)62/h15-22,26-27,29-30,33-34,37,46-53,56,58H,6,9-14,23-25,28,31-32H2,1-5,7-8H3/t37?,46?,47-,48+,49+,50+,51?,52-,53-,58?/m0/s1. The summed E-state index contributed by atoms with van der Waals surface area (Å²) >= 11 is 0. The van der Waals surface area contributed by atoms with E-state index in [2.05, 4.69) is 102 Å². The fourth-order valence-corrected chi connectivity index (χ4v) is 13.4. The van der Waals surface area contributed by atoms with E-state index in [4.69, 9.17) is 9.47 Å². The van der Waals surface area contributed by atoms with E-state index in [-0.39, 0.29) is 70.8 Å². The van der Waals surface area contributed by atoms with Crippen molar-refractivity contribution in [1.29, 1.82) is 0 Å². The van der Waals surface area contributed by atoms with Crippen LogP contribution in [0.4, 0.5) is 8.78 Å². The molecular weight excluding hydrogens is 827 g/mol. The number of hydrogen-bond donors (Lipinski definition) is 0. The van der Waals surface area contributed by atoms with Crippen LogP contribution in [0.25, 0.3) is 12.2 Å². The van der Waals surface area contributed by atoms with Gasteiger partial charge in [-0.25, -0.2) is 8.78 Å². The molecule has 66 heavy (non-hydrogen) atoms. The SMILES string of the molecule is C=C(C1CCC[C@H]1C1=Cc2ccc([C@H]3CC[C@H](c4ccc5c(c4)C(C)C([C@@H]4CCCC4C(=O)[C@@H](CC(C)=O)C(C)C)=C5)C3c3ccc(OCC(F)F)cc3)cc2C1)[C@@H](CC(=O)OC)C(C)C. The number of Topliss-reactive ketones (excluding diaryl/α,β-unsaturated/α-hetero) is 2. The Morgan fingerprint density at radius 1 is 0.712 bits per heavy atom. The van der Waals surface area contributed by atoms with Crippen LogP contribution >= 0.6 is 0 Å². The van der Waals surface area contributed by atoms with Gasteiger partial charge in [0.1, 0.15) is 23.9 Å². The molecule has 3 fully saturated rings. The zero-order valence-corrected chi connectivity index (χ0v) is 40.4. The number of ether oxygens (including phenoxy) is 2. The van der Waals surface area contributed by atoms with Crippen LogP contribution in [-0.2, 0) is 25.5 Å². The second-order valence-corrected chi connectivity index (χ2v) is 21.3. The maximum absolute atomic E-state index is 14.1. The molecule has 3 saturated carbocycles. The van der Waals surface area contributed by atoms with E-state index >= 15 is 0 Å². The van der Waals surface area contributed by atoms with Crippen molar-refractivity contribution in [3.63, 3.8) is 0 Å². The first-order valence-electron chi connectivity index (χ1n) is 25.1. The number of rotatable bonds is 18. The van der Waals surface area contributed by atoms with Crippen LogP contribution in [0.15, 0.2) is 84.0 Å². The number of carbonyl (C=O) groups excluding carboxylic acids is 3. The number of ketones is 2. The summed E-state index contributed by atoms with van der Waals surface area (Å²) in [4.78, 5) is 38.8. The van der Waals surface area contributed by atoms with Gasteiger partial charge in [-0.05, 0) is 156 Å². The molecule has 3 aromatic carbocycles. The molecule has 0 saturated heterocycles. The fourth-order valence-electron chi connectivity index (χ4n) is 13.4. The number of alkyl halides is 2. The van der Waals surface area contributed by atoms with Crippen LogP contribution < -0.4 is 4.74 Å². The molecule has 5 aliphatic rings. The van der Waals surface area contributed by atoms with E-state index in [1.807, 2.05) is 12.1 Å². The van der Waals surface area contributed by atoms with Gasteiger partial charge in [0, 0.05) is 24.2 Å². The molecule has 0 amide bonds. The van der Waals surface area contributed by atoms with Crippen molar-refractivity contribution in [3.05, 3.63) is 123 Å². The third-order valence-electron chi connectivity index (χ3n) is 16.8. The lowest BCUT2D eigenvalue weighted by molar-refractivity contribution is -0.141. The van der Waals surface area contributed by atoms with Crippen molar-refractivity contribution in [2.75, 3.05) is 13.7 Å². The lowest BCUT2D eigenvalue weighted by Gasteiger charge is -2.31. The third kappa shape index (κ3) is 9.83. The number of halogens is 2. The summed E-state index contributed by atoms with van der Waals surface area (Å²) < 4.78 is 36.7. The number of fused-ring (bicyclic) bond motifs is 2. The summed E-state index contributed by atoms with van der Waals surface area (Å²) in [5.74, 6) is 2.75. The third-order valence-corrected chi connectivity index (χ3v) is 16.8. The van der Waals surface area contributed by atoms with Crippen molar-refractivity contribution >= 4 is 29.7 Å². The molecule has 0 heterocycles. The molecule has 4 unspecified atom stereocenters. The quantitative estimate of drug-likeness (QED) is 0.0940. The Labute approximate surface area is 392 Å². The zero-order chi connectivity index (χ0) is 47.0. The van der Waals surface area contributed by atoms with Gasteiger partial charge in [-0.1, -0.05) is 131 Å². The normalized spacial score (nSPS) is 26.6. The molecule has 0 aliphatic heterocycles. The number of allylic oxidation sites excluding steroid dienone is 3. The summed E-state index contributed by atoms with van der Waals surface area (Å²) in [5, 5.41) is 0. The fraction of sp³-hybridized carbons (Fsp3) is 0.542. The smallest absolute Gasteiger partial charge is 0.306 e. The Hall–Kier alpha value is -4.65. The highest BCUT2D eigenvalue weighted by molar-refractivity contribution is 5.89. The van der Waals surface area contributed by atoms with Crippen molar-refractivity contribution < 1.29 is 32.6 Å². The molecule has 8 rings (SSSR count). The first-order chi connectivity index (χ1) is 31.6. The lowest BCUT2D eigenvalue weighted by atomic mass is 9.74. The van der Waals surface area contributed by atoms with Gasteiger partial charge in [0.05, 0.1) is 13.5 Å². The zero-order valence-electron chi connectivity index (χ0n) is 40.4. The first kappa shape index (κ1) is 47.8. The molecule has 10 atom stereocenters. The minimum absolute atomic E-state index is 0.0419. The highest BCUT2D eigenvalue weighted by Crippen LogP contribution is 2.57. The minimum atomic E-state index is -2.54. The highest BCUT2D eigenvalue weighted by atomic mass is 19.3. The van der Waals surface area contributed by atoms with Crippen molar-refractivity contribution in [1.82, 2.24) is 0 Å². The molecule has 0 spiro atoms. The topological polar surface area (TPSA) is 69.7 Å². The summed E-state index contributed by atoms with van der Waals surface area (Å²) in [6, 6.07) is 22.1. The molecule has 7 heteroatoms. The van der Waals surface area contributed by atoms with E-state index in [9.17, 15) is 23.2 Å². The van der Waals surface area contributed by atoms with Crippen LogP contribution in [0.3, 0.4) is 0 Å². The van der Waals surface area contributed by atoms with E-state index in [1.54, 1.807) is 6.92 Å². The molecule has 352 valence electrons. The van der Waals surface area contributed by atoms with Crippen molar-refractivity contribution in [2.24, 2.45) is 47.3 Å². The van der Waals surface area contributed by atoms with E-state index in [1.165, 1.54) is 62.8 Å². The van der Waals surface area contributed by atoms with Gasteiger partial charge in [0.25, 0.3) is 6.43 Å². The van der Waals surface area contributed by atoms with E-state index in [0.29, 0.717) is 36.3 Å². The van der Waals surface area contributed by atoms with Crippen molar-refractivity contribution in [3.8, 4) is 5.75 Å². The summed E-state index contributed by atoms with van der Waals surface area (Å²) in [5.41, 5.74) is 13.2. The Balaban J connectivity index is 1.04. The largest absolute Gasteiger partial charge is 0.488 e. The van der Waals surface area contributed by atoms with Gasteiger partial charge in [-0.3, -0.25) is 9.59 Å². The maximum atomic E-state index is 14.1. The average Bonchev–Trinajstić information content (AvgIpc) is 4.15. The van der Waals surface area contributed by atoms with Gasteiger partial charge < -0.3 is 14.3 Å². The monoisotopic (exact) mass is 899 g/mol. The Morgan fingerprint density at radius 2 is 1.33 bits per heavy atom. The Kier molecular flexibility index (Phi) is 14.7. The van der Waals surface area contributed by atoms with Gasteiger partial charge in [-0.2, -0.15) is 0 Å². The lowest BCUT2D eigenvalue weighted by Crippen LogP contribution is -2.32. The van der Waals surface area contributed by atoms with Crippen LogP contribution in [0.1, 0.15) is 168 Å². The van der Waals surface area contributed by atoms with Crippen LogP contribution in [0.5, 0.6) is 5.75 Å². The van der Waals surface area contributed by atoms with Gasteiger partial charge >= 0.3 is 5.97 Å². The number of esters is 1. The Morgan fingerprint density at radius 3 is 1.97 bits per heavy atom. The Bertz CT molecular complexity index is 2350. The van der Waals surface area contributed by atoms with Crippen LogP contribution in [-0.4, -0.2) is 37.7 Å². The molecule has 0 N–H and O–H groups in total. The second-order valence-electron chi connectivity index (χ2n) is 21.3. The first-order valence-corrected chi connectivity index (χ1v) is 25.1. The summed E-state index contributed by atoms with van der Waals surface area (Å²) in [7, 11) is 1.47. The molecule has 5 aliphatic carbocycles.